The van der Waals surface area contributed by atoms with Crippen LogP contribution in [-0.2, 0) is 22.6 Å². The highest BCUT2D eigenvalue weighted by atomic mass is 32.2. The molecule has 8 heteroatoms. The van der Waals surface area contributed by atoms with Gasteiger partial charge in [0.1, 0.15) is 0 Å². The van der Waals surface area contributed by atoms with Crippen LogP contribution in [0.15, 0.2) is 127 Å². The van der Waals surface area contributed by atoms with Gasteiger partial charge in [-0.1, -0.05) is 72.8 Å². The van der Waals surface area contributed by atoms with Crippen molar-refractivity contribution in [3.63, 3.8) is 0 Å². The minimum atomic E-state index is -0.524. The number of rotatable bonds is 10. The van der Waals surface area contributed by atoms with Gasteiger partial charge in [-0.25, -0.2) is 4.98 Å². The summed E-state index contributed by atoms with van der Waals surface area (Å²) in [6.07, 6.45) is 5.02. The van der Waals surface area contributed by atoms with Crippen LogP contribution < -0.4 is 5.32 Å². The summed E-state index contributed by atoms with van der Waals surface area (Å²) in [5.74, 6) is 0.601. The monoisotopic (exact) mass is 603 g/mol. The van der Waals surface area contributed by atoms with Crippen LogP contribution in [0.25, 0.3) is 11.1 Å². The maximum absolute atomic E-state index is 12.5. The SMILES string of the molecule is O=C(NCc1cccc(-c2ccc([C@@H]3O[C@H](CSc4ccccn4)C[C@H](c4ccc(CO)cc4)O3)cc2)c1)c1cccnc1. The summed E-state index contributed by atoms with van der Waals surface area (Å²) >= 11 is 1.68. The lowest BCUT2D eigenvalue weighted by Crippen LogP contribution is -2.31. The number of aromatic nitrogens is 2. The summed E-state index contributed by atoms with van der Waals surface area (Å²) in [6.45, 7) is 0.429. The molecule has 1 amide bonds. The molecule has 0 bridgehead atoms. The fourth-order valence-corrected chi connectivity index (χ4v) is 5.99. The molecule has 1 aliphatic rings. The Kier molecular flexibility index (Phi) is 9.74. The number of aliphatic hydroxyl groups excluding tert-OH is 1. The van der Waals surface area contributed by atoms with Crippen molar-refractivity contribution in [2.24, 2.45) is 0 Å². The zero-order valence-electron chi connectivity index (χ0n) is 24.1. The van der Waals surface area contributed by atoms with Crippen molar-refractivity contribution < 1.29 is 19.4 Å². The molecule has 1 aliphatic heterocycles. The van der Waals surface area contributed by atoms with Gasteiger partial charge in [0.05, 0.1) is 29.4 Å². The van der Waals surface area contributed by atoms with Gasteiger partial charge in [0.15, 0.2) is 6.29 Å². The maximum Gasteiger partial charge on any atom is 0.253 e. The van der Waals surface area contributed by atoms with Crippen LogP contribution >= 0.6 is 11.8 Å². The summed E-state index contributed by atoms with van der Waals surface area (Å²) in [5.41, 5.74) is 6.53. The van der Waals surface area contributed by atoms with E-state index < -0.39 is 6.29 Å². The van der Waals surface area contributed by atoms with Crippen molar-refractivity contribution in [1.82, 2.24) is 15.3 Å². The van der Waals surface area contributed by atoms with Crippen LogP contribution in [0.4, 0.5) is 0 Å². The third-order valence-corrected chi connectivity index (χ3v) is 8.57. The van der Waals surface area contributed by atoms with E-state index in [0.717, 1.165) is 50.6 Å². The number of nitrogens with one attached hydrogen (secondary N) is 1. The third kappa shape index (κ3) is 7.59. The number of pyridine rings is 2. The van der Waals surface area contributed by atoms with Gasteiger partial charge in [-0.15, -0.1) is 11.8 Å². The molecular weight excluding hydrogens is 570 g/mol. The molecule has 1 saturated heterocycles. The van der Waals surface area contributed by atoms with E-state index in [4.69, 9.17) is 9.47 Å². The number of hydrogen-bond donors (Lipinski definition) is 2. The van der Waals surface area contributed by atoms with Gasteiger partial charge in [0.2, 0.25) is 0 Å². The van der Waals surface area contributed by atoms with Gasteiger partial charge in [0.25, 0.3) is 5.91 Å². The number of benzene rings is 3. The normalized spacial score (nSPS) is 18.1. The van der Waals surface area contributed by atoms with E-state index in [1.165, 1.54) is 0 Å². The van der Waals surface area contributed by atoms with Gasteiger partial charge in [-0.2, -0.15) is 0 Å². The Bertz CT molecular complexity index is 1650. The highest BCUT2D eigenvalue weighted by Gasteiger charge is 2.32. The first-order valence-electron chi connectivity index (χ1n) is 14.6. The molecule has 222 valence electrons. The smallest absolute Gasteiger partial charge is 0.253 e. The number of aliphatic hydroxyl groups is 1. The topological polar surface area (TPSA) is 93.6 Å². The molecule has 5 aromatic rings. The van der Waals surface area contributed by atoms with E-state index in [-0.39, 0.29) is 24.7 Å². The van der Waals surface area contributed by atoms with E-state index >= 15 is 0 Å². The second-order valence-corrected chi connectivity index (χ2v) is 11.6. The van der Waals surface area contributed by atoms with Crippen LogP contribution in [-0.4, -0.2) is 32.8 Å². The van der Waals surface area contributed by atoms with Crippen molar-refractivity contribution in [3.05, 3.63) is 150 Å². The fourth-order valence-electron chi connectivity index (χ4n) is 5.11. The molecule has 2 N–H and O–H groups in total. The van der Waals surface area contributed by atoms with Gasteiger partial charge in [0, 0.05) is 42.9 Å². The molecular formula is C36H33N3O4S. The molecule has 3 heterocycles. The zero-order valence-corrected chi connectivity index (χ0v) is 24.9. The fraction of sp³-hybridized carbons (Fsp3) is 0.194. The van der Waals surface area contributed by atoms with E-state index in [2.05, 4.69) is 51.7 Å². The molecule has 3 atom stereocenters. The lowest BCUT2D eigenvalue weighted by Gasteiger charge is -2.36. The summed E-state index contributed by atoms with van der Waals surface area (Å²) in [4.78, 5) is 20.9. The van der Waals surface area contributed by atoms with Gasteiger partial charge < -0.3 is 19.9 Å². The summed E-state index contributed by atoms with van der Waals surface area (Å²) in [6, 6.07) is 33.7. The number of carbonyl (C=O) groups is 1. The number of carbonyl (C=O) groups excluding carboxylic acids is 1. The summed E-state index contributed by atoms with van der Waals surface area (Å²) in [7, 11) is 0. The molecule has 3 aromatic carbocycles. The first-order chi connectivity index (χ1) is 21.6. The van der Waals surface area contributed by atoms with Gasteiger partial charge in [-0.3, -0.25) is 9.78 Å². The number of thioether (sulfide) groups is 1. The maximum atomic E-state index is 12.5. The molecule has 0 unspecified atom stereocenters. The Morgan fingerprint density at radius 2 is 1.68 bits per heavy atom. The minimum absolute atomic E-state index is 0.0101. The average Bonchev–Trinajstić information content (AvgIpc) is 3.10. The molecule has 2 aromatic heterocycles. The van der Waals surface area contributed by atoms with Gasteiger partial charge >= 0.3 is 0 Å². The zero-order chi connectivity index (χ0) is 30.1. The second-order valence-electron chi connectivity index (χ2n) is 10.6. The number of hydrogen-bond acceptors (Lipinski definition) is 7. The first-order valence-corrected chi connectivity index (χ1v) is 15.5. The van der Waals surface area contributed by atoms with Crippen LogP contribution in [0.1, 0.15) is 51.4 Å². The Hall–Kier alpha value is -4.34. The van der Waals surface area contributed by atoms with Crippen LogP contribution in [0.3, 0.4) is 0 Å². The molecule has 7 nitrogen and oxygen atoms in total. The lowest BCUT2D eigenvalue weighted by molar-refractivity contribution is -0.245. The molecule has 0 saturated carbocycles. The Morgan fingerprint density at radius 1 is 0.841 bits per heavy atom. The van der Waals surface area contributed by atoms with Crippen LogP contribution in [0.5, 0.6) is 0 Å². The minimum Gasteiger partial charge on any atom is -0.392 e. The van der Waals surface area contributed by atoms with Gasteiger partial charge in [-0.05, 0) is 58.1 Å². The number of nitrogens with zero attached hydrogens (tertiary/aromatic N) is 2. The molecule has 6 rings (SSSR count). The summed E-state index contributed by atoms with van der Waals surface area (Å²) < 4.78 is 13.0. The molecule has 44 heavy (non-hydrogen) atoms. The second kappa shape index (κ2) is 14.4. The van der Waals surface area contributed by atoms with Crippen LogP contribution in [0.2, 0.25) is 0 Å². The van der Waals surface area contributed by atoms with Crippen molar-refractivity contribution in [2.75, 3.05) is 5.75 Å². The average molecular weight is 604 g/mol. The Labute approximate surface area is 261 Å². The predicted octanol–water partition coefficient (Wildman–Crippen LogP) is 6.90. The predicted molar refractivity (Wildman–Crippen MR) is 171 cm³/mol. The van der Waals surface area contributed by atoms with Crippen molar-refractivity contribution in [2.45, 2.75) is 43.1 Å². The quantitative estimate of drug-likeness (QED) is 0.168. The van der Waals surface area contributed by atoms with Crippen molar-refractivity contribution in [1.29, 1.82) is 0 Å². The third-order valence-electron chi connectivity index (χ3n) is 7.49. The van der Waals surface area contributed by atoms with E-state index in [9.17, 15) is 9.90 Å². The molecule has 0 spiro atoms. The van der Waals surface area contributed by atoms with Crippen molar-refractivity contribution >= 4 is 17.7 Å². The molecule has 0 aliphatic carbocycles. The largest absolute Gasteiger partial charge is 0.392 e. The number of ether oxygens (including phenoxy) is 2. The van der Waals surface area contributed by atoms with E-state index in [1.807, 2.05) is 54.6 Å². The molecule has 1 fully saturated rings. The van der Waals surface area contributed by atoms with E-state index in [1.54, 1.807) is 42.5 Å². The highest BCUT2D eigenvalue weighted by Crippen LogP contribution is 2.39. The Balaban J connectivity index is 1.15. The first kappa shape index (κ1) is 29.7. The van der Waals surface area contributed by atoms with Crippen LogP contribution in [0, 0.1) is 0 Å². The summed E-state index contributed by atoms with van der Waals surface area (Å²) in [5, 5.41) is 13.4. The van der Waals surface area contributed by atoms with Crippen molar-refractivity contribution in [3.8, 4) is 11.1 Å². The lowest BCUT2D eigenvalue weighted by atomic mass is 9.99. The molecule has 0 radical (unpaired) electrons. The van der Waals surface area contributed by atoms with E-state index in [0.29, 0.717) is 12.1 Å². The standard InChI is InChI=1S/C36H33N3O4S/c40-23-25-9-11-28(12-10-25)33-20-32(24-44-34-8-1-2-18-38-34)42-36(43-33)29-15-13-27(14-16-29)30-6-3-5-26(19-30)21-39-35(41)31-7-4-17-37-22-31/h1-19,22,32-33,36,40H,20-21,23-24H2,(H,39,41)/t32-,33+,36+/m0/s1. The number of amides is 1. The Morgan fingerprint density at radius 3 is 2.43 bits per heavy atom. The highest BCUT2D eigenvalue weighted by molar-refractivity contribution is 7.99.